The Morgan fingerprint density at radius 1 is 1.04 bits per heavy atom. The highest BCUT2D eigenvalue weighted by molar-refractivity contribution is 5.81. The molecule has 1 unspecified atom stereocenters. The molecule has 1 rings (SSSR count). The minimum absolute atomic E-state index is 0.0426. The van der Waals surface area contributed by atoms with E-state index in [0.717, 1.165) is 18.7 Å². The van der Waals surface area contributed by atoms with Gasteiger partial charge in [0, 0.05) is 13.0 Å². The highest BCUT2D eigenvalue weighted by Gasteiger charge is 2.36. The van der Waals surface area contributed by atoms with Crippen molar-refractivity contribution < 1.29 is 14.4 Å². The van der Waals surface area contributed by atoms with Gasteiger partial charge in [0.2, 0.25) is 5.84 Å². The number of hydrogen-bond donors (Lipinski definition) is 2. The highest BCUT2D eigenvalue weighted by Crippen LogP contribution is 2.21. The summed E-state index contributed by atoms with van der Waals surface area (Å²) >= 11 is 0. The maximum absolute atomic E-state index is 11.2. The average Bonchev–Trinajstić information content (AvgIpc) is 3.03. The van der Waals surface area contributed by atoms with Crippen LogP contribution >= 0.6 is 0 Å². The number of aliphatic imine (C=N–C) groups is 1. The minimum atomic E-state index is -0.801. The molecule has 0 aromatic carbocycles. The van der Waals surface area contributed by atoms with E-state index in [4.69, 9.17) is 5.73 Å². The smallest absolute Gasteiger partial charge is 0.360 e. The van der Waals surface area contributed by atoms with Gasteiger partial charge in [-0.3, -0.25) is 0 Å². The number of allylic oxidation sites excluding steroid dienone is 2. The van der Waals surface area contributed by atoms with Gasteiger partial charge in [0.1, 0.15) is 12.7 Å². The quantitative estimate of drug-likeness (QED) is 0.187. The molecule has 3 N–H and O–H groups in total. The first-order valence-corrected chi connectivity index (χ1v) is 11.3. The van der Waals surface area contributed by atoms with Crippen molar-refractivity contribution >= 4 is 11.8 Å². The second-order valence-corrected chi connectivity index (χ2v) is 7.92. The average molecular weight is 393 g/mol. The van der Waals surface area contributed by atoms with E-state index in [-0.39, 0.29) is 6.54 Å². The summed E-state index contributed by atoms with van der Waals surface area (Å²) in [5.41, 5.74) is 5.71. The van der Waals surface area contributed by atoms with Gasteiger partial charge in [-0.05, 0) is 25.7 Å². The van der Waals surface area contributed by atoms with E-state index in [1.54, 1.807) is 6.20 Å². The molecule has 0 aliphatic carbocycles. The lowest BCUT2D eigenvalue weighted by molar-refractivity contribution is -0.778. The number of hydrogen-bond acceptors (Lipinski definition) is 3. The Morgan fingerprint density at radius 3 is 2.25 bits per heavy atom. The number of nitrogens with zero attached hydrogens (tertiary/aromatic N) is 2. The summed E-state index contributed by atoms with van der Waals surface area (Å²) in [6, 6.07) is 0. The number of carboxylic acids is 1. The van der Waals surface area contributed by atoms with Crippen LogP contribution < -0.4 is 5.73 Å². The fourth-order valence-corrected chi connectivity index (χ4v) is 3.82. The van der Waals surface area contributed by atoms with Crippen LogP contribution in [0.3, 0.4) is 0 Å². The van der Waals surface area contributed by atoms with Gasteiger partial charge in [0.05, 0.1) is 6.20 Å². The predicted molar refractivity (Wildman–Crippen MR) is 118 cm³/mol. The van der Waals surface area contributed by atoms with E-state index in [9.17, 15) is 9.90 Å². The molecular formula is C23H42N3O2+. The molecule has 0 saturated carbocycles. The van der Waals surface area contributed by atoms with Gasteiger partial charge < -0.3 is 10.8 Å². The topological polar surface area (TPSA) is 75.7 Å². The number of nitrogens with two attached hydrogens (primary N) is 1. The Balaban J connectivity index is 2.04. The lowest BCUT2D eigenvalue weighted by Gasteiger charge is -2.30. The molecule has 0 saturated heterocycles. The summed E-state index contributed by atoms with van der Waals surface area (Å²) < 4.78 is 0.305. The second-order valence-electron chi connectivity index (χ2n) is 7.92. The fraction of sp³-hybridized carbons (Fsp3) is 0.739. The van der Waals surface area contributed by atoms with Crippen molar-refractivity contribution in [3.63, 3.8) is 0 Å². The first-order chi connectivity index (χ1) is 13.6. The zero-order valence-corrected chi connectivity index (χ0v) is 18.0. The fourth-order valence-electron chi connectivity index (χ4n) is 3.82. The summed E-state index contributed by atoms with van der Waals surface area (Å²) in [7, 11) is 0. The molecule has 0 spiro atoms. The number of carboxylic acid groups (broad SMARTS) is 1. The molecule has 0 amide bonds. The van der Waals surface area contributed by atoms with Crippen LogP contribution in [0.1, 0.15) is 90.4 Å². The minimum Gasteiger partial charge on any atom is -0.477 e. The van der Waals surface area contributed by atoms with Crippen molar-refractivity contribution in [1.82, 2.24) is 0 Å². The molecule has 1 aliphatic rings. The van der Waals surface area contributed by atoms with Crippen molar-refractivity contribution in [3.8, 4) is 0 Å². The van der Waals surface area contributed by atoms with Crippen molar-refractivity contribution in [2.45, 2.75) is 90.4 Å². The molecule has 1 atom stereocenters. The summed E-state index contributed by atoms with van der Waals surface area (Å²) in [5.74, 6) is 0.158. The molecule has 0 fully saturated rings. The van der Waals surface area contributed by atoms with Gasteiger partial charge in [0.25, 0.3) is 0 Å². The van der Waals surface area contributed by atoms with Crippen LogP contribution in [-0.2, 0) is 4.79 Å². The predicted octanol–water partition coefficient (Wildman–Crippen LogP) is 5.38. The number of aliphatic carboxylic acids is 1. The van der Waals surface area contributed by atoms with Crippen molar-refractivity contribution in [1.29, 1.82) is 0 Å². The second kappa shape index (κ2) is 15.5. The standard InChI is InChI=1S/C23H41N3O2/c1-2-3-4-5-6-7-8-9-10-11-12-13-14-15-16-22-25-18-20-26(22,19-17-24)21-23(27)28/h4-5,18,20H,2-3,6-17,19,21,24H2,1H3/p+1/b5-4+. The van der Waals surface area contributed by atoms with Gasteiger partial charge in [-0.15, -0.1) is 0 Å². The van der Waals surface area contributed by atoms with Crippen LogP contribution in [-0.4, -0.2) is 41.0 Å². The number of carbonyl (C=O) groups is 1. The first-order valence-electron chi connectivity index (χ1n) is 11.3. The van der Waals surface area contributed by atoms with Gasteiger partial charge in [-0.25, -0.2) is 14.3 Å². The van der Waals surface area contributed by atoms with Crippen LogP contribution in [0, 0.1) is 0 Å². The van der Waals surface area contributed by atoms with E-state index >= 15 is 0 Å². The Hall–Kier alpha value is -1.46. The highest BCUT2D eigenvalue weighted by atomic mass is 16.4. The number of amidine groups is 1. The van der Waals surface area contributed by atoms with E-state index in [0.29, 0.717) is 17.6 Å². The third-order valence-corrected chi connectivity index (χ3v) is 5.43. The molecule has 1 heterocycles. The van der Waals surface area contributed by atoms with Crippen LogP contribution in [0.25, 0.3) is 0 Å². The molecule has 28 heavy (non-hydrogen) atoms. The Kier molecular flexibility index (Phi) is 13.6. The van der Waals surface area contributed by atoms with Crippen LogP contribution in [0.5, 0.6) is 0 Å². The normalized spacial score (nSPS) is 18.9. The summed E-state index contributed by atoms with van der Waals surface area (Å²) in [5, 5.41) is 9.23. The van der Waals surface area contributed by atoms with E-state index in [2.05, 4.69) is 24.1 Å². The Bertz CT molecular complexity index is 514. The van der Waals surface area contributed by atoms with Gasteiger partial charge in [-0.1, -0.05) is 70.4 Å². The monoisotopic (exact) mass is 392 g/mol. The summed E-state index contributed by atoms with van der Waals surface area (Å²) in [6.45, 7) is 3.33. The third-order valence-electron chi connectivity index (χ3n) is 5.43. The molecular weight excluding hydrogens is 350 g/mol. The Labute approximate surface area is 172 Å². The van der Waals surface area contributed by atoms with Crippen LogP contribution in [0.15, 0.2) is 29.5 Å². The molecule has 0 aromatic rings. The van der Waals surface area contributed by atoms with Gasteiger partial charge >= 0.3 is 5.97 Å². The molecule has 0 bridgehead atoms. The Morgan fingerprint density at radius 2 is 1.64 bits per heavy atom. The van der Waals surface area contributed by atoms with E-state index < -0.39 is 5.97 Å². The third kappa shape index (κ3) is 10.2. The first kappa shape index (κ1) is 24.6. The summed E-state index contributed by atoms with van der Waals surface area (Å²) in [6.07, 6.45) is 24.4. The van der Waals surface area contributed by atoms with Crippen molar-refractivity contribution in [3.05, 3.63) is 24.6 Å². The molecule has 0 radical (unpaired) electrons. The maximum Gasteiger partial charge on any atom is 0.360 e. The molecule has 1 aliphatic heterocycles. The van der Waals surface area contributed by atoms with Crippen LogP contribution in [0.4, 0.5) is 0 Å². The summed E-state index contributed by atoms with van der Waals surface area (Å²) in [4.78, 5) is 15.7. The van der Waals surface area contributed by atoms with Gasteiger partial charge in [-0.2, -0.15) is 0 Å². The molecule has 160 valence electrons. The van der Waals surface area contributed by atoms with Gasteiger partial charge in [0.15, 0.2) is 6.54 Å². The molecule has 0 aromatic heterocycles. The molecule has 5 heteroatoms. The zero-order chi connectivity index (χ0) is 20.5. The van der Waals surface area contributed by atoms with E-state index in [1.165, 1.54) is 70.6 Å². The SMILES string of the molecule is CCC/C=C/CCCCCCCCCCCC1=NC=C[N+]1(CCN)CC(=O)O. The zero-order valence-electron chi connectivity index (χ0n) is 18.0. The van der Waals surface area contributed by atoms with Crippen molar-refractivity contribution in [2.75, 3.05) is 19.6 Å². The van der Waals surface area contributed by atoms with Crippen molar-refractivity contribution in [2.24, 2.45) is 10.7 Å². The number of rotatable bonds is 18. The lowest BCUT2D eigenvalue weighted by atomic mass is 10.0. The lowest BCUT2D eigenvalue weighted by Crippen LogP contribution is -2.52. The molecule has 5 nitrogen and oxygen atoms in total. The maximum atomic E-state index is 11.2. The van der Waals surface area contributed by atoms with Crippen LogP contribution in [0.2, 0.25) is 0 Å². The number of unbranched alkanes of at least 4 members (excludes halogenated alkanes) is 10. The number of quaternary nitrogens is 1. The largest absolute Gasteiger partial charge is 0.477 e. The van der Waals surface area contributed by atoms with E-state index in [1.807, 2.05) is 6.20 Å².